The Morgan fingerprint density at radius 3 is 2.25 bits per heavy atom. The lowest BCUT2D eigenvalue weighted by molar-refractivity contribution is 0.248. The summed E-state index contributed by atoms with van der Waals surface area (Å²) >= 11 is 0. The Morgan fingerprint density at radius 2 is 1.65 bits per heavy atom. The standard InChI is InChI=1S/C17H22N2O/c1-14-3-5-17(6-4-14)19-10-8-18(9-11-19)13-16-7-12-20-15(16)2/h3-7,12H,8-11,13H2,1-2H3. The molecule has 0 atom stereocenters. The molecule has 0 radical (unpaired) electrons. The lowest BCUT2D eigenvalue weighted by Gasteiger charge is -2.36. The molecule has 1 aliphatic rings. The first-order chi connectivity index (χ1) is 9.72. The van der Waals surface area contributed by atoms with Gasteiger partial charge < -0.3 is 9.32 Å². The zero-order chi connectivity index (χ0) is 13.9. The van der Waals surface area contributed by atoms with Crippen molar-refractivity contribution in [3.05, 3.63) is 53.5 Å². The fourth-order valence-electron chi connectivity index (χ4n) is 2.74. The number of aryl methyl sites for hydroxylation is 2. The van der Waals surface area contributed by atoms with Crippen molar-refractivity contribution in [2.75, 3.05) is 31.1 Å². The molecule has 0 saturated carbocycles. The summed E-state index contributed by atoms with van der Waals surface area (Å²) < 4.78 is 5.37. The molecule has 1 fully saturated rings. The molecular weight excluding hydrogens is 248 g/mol. The predicted octanol–water partition coefficient (Wildman–Crippen LogP) is 3.22. The van der Waals surface area contributed by atoms with Gasteiger partial charge in [0, 0.05) is 44.0 Å². The third kappa shape index (κ3) is 2.88. The maximum atomic E-state index is 5.37. The topological polar surface area (TPSA) is 19.6 Å². The van der Waals surface area contributed by atoms with E-state index in [9.17, 15) is 0 Å². The molecule has 106 valence electrons. The highest BCUT2D eigenvalue weighted by Gasteiger charge is 2.18. The van der Waals surface area contributed by atoms with Crippen molar-refractivity contribution >= 4 is 5.69 Å². The fourth-order valence-corrected chi connectivity index (χ4v) is 2.74. The molecule has 3 heteroatoms. The number of anilines is 1. The number of hydrogen-bond acceptors (Lipinski definition) is 3. The maximum absolute atomic E-state index is 5.37. The van der Waals surface area contributed by atoms with Crippen LogP contribution in [0.4, 0.5) is 5.69 Å². The molecule has 0 spiro atoms. The van der Waals surface area contributed by atoms with Crippen LogP contribution < -0.4 is 4.90 Å². The van der Waals surface area contributed by atoms with E-state index >= 15 is 0 Å². The van der Waals surface area contributed by atoms with Crippen LogP contribution in [0.2, 0.25) is 0 Å². The second-order valence-corrected chi connectivity index (χ2v) is 5.60. The van der Waals surface area contributed by atoms with E-state index in [0.717, 1.165) is 38.5 Å². The smallest absolute Gasteiger partial charge is 0.105 e. The summed E-state index contributed by atoms with van der Waals surface area (Å²) in [5.41, 5.74) is 3.98. The van der Waals surface area contributed by atoms with Crippen LogP contribution in [0.25, 0.3) is 0 Å². The minimum Gasteiger partial charge on any atom is -0.469 e. The average Bonchev–Trinajstić information content (AvgIpc) is 2.86. The van der Waals surface area contributed by atoms with E-state index in [4.69, 9.17) is 4.42 Å². The predicted molar refractivity (Wildman–Crippen MR) is 82.1 cm³/mol. The normalized spacial score (nSPS) is 16.6. The van der Waals surface area contributed by atoms with E-state index in [1.165, 1.54) is 16.8 Å². The minimum atomic E-state index is 1.00. The Balaban J connectivity index is 1.57. The van der Waals surface area contributed by atoms with E-state index in [1.54, 1.807) is 6.26 Å². The van der Waals surface area contributed by atoms with E-state index in [1.807, 2.05) is 6.92 Å². The Kier molecular flexibility index (Phi) is 3.79. The minimum absolute atomic E-state index is 1.00. The van der Waals surface area contributed by atoms with Crippen LogP contribution in [-0.4, -0.2) is 31.1 Å². The Hall–Kier alpha value is -1.74. The van der Waals surface area contributed by atoms with Gasteiger partial charge in [-0.1, -0.05) is 17.7 Å². The summed E-state index contributed by atoms with van der Waals surface area (Å²) in [5, 5.41) is 0. The molecule has 1 aliphatic heterocycles. The Bertz CT molecular complexity index is 551. The summed E-state index contributed by atoms with van der Waals surface area (Å²) in [5.74, 6) is 1.05. The molecule has 20 heavy (non-hydrogen) atoms. The van der Waals surface area contributed by atoms with Gasteiger partial charge >= 0.3 is 0 Å². The molecule has 0 amide bonds. The van der Waals surface area contributed by atoms with Crippen molar-refractivity contribution in [3.63, 3.8) is 0 Å². The number of benzene rings is 1. The van der Waals surface area contributed by atoms with E-state index in [0.29, 0.717) is 0 Å². The molecule has 2 aromatic rings. The van der Waals surface area contributed by atoms with Crippen LogP contribution in [-0.2, 0) is 6.54 Å². The first kappa shape index (κ1) is 13.3. The highest BCUT2D eigenvalue weighted by Crippen LogP contribution is 2.19. The summed E-state index contributed by atoms with van der Waals surface area (Å²) in [4.78, 5) is 4.97. The largest absolute Gasteiger partial charge is 0.469 e. The van der Waals surface area contributed by atoms with Crippen LogP contribution >= 0.6 is 0 Å². The molecular formula is C17H22N2O. The highest BCUT2D eigenvalue weighted by atomic mass is 16.3. The van der Waals surface area contributed by atoms with Gasteiger partial charge in [-0.15, -0.1) is 0 Å². The van der Waals surface area contributed by atoms with Crippen molar-refractivity contribution in [2.45, 2.75) is 20.4 Å². The van der Waals surface area contributed by atoms with Gasteiger partial charge in [0.25, 0.3) is 0 Å². The zero-order valence-electron chi connectivity index (χ0n) is 12.3. The molecule has 1 aromatic heterocycles. The van der Waals surface area contributed by atoms with Gasteiger partial charge in [0.05, 0.1) is 6.26 Å². The maximum Gasteiger partial charge on any atom is 0.105 e. The lowest BCUT2D eigenvalue weighted by atomic mass is 10.2. The van der Waals surface area contributed by atoms with Gasteiger partial charge in [0.15, 0.2) is 0 Å². The van der Waals surface area contributed by atoms with E-state index < -0.39 is 0 Å². The van der Waals surface area contributed by atoms with Crippen LogP contribution in [0.1, 0.15) is 16.9 Å². The van der Waals surface area contributed by atoms with Gasteiger partial charge in [0.1, 0.15) is 5.76 Å². The van der Waals surface area contributed by atoms with Crippen LogP contribution in [0.15, 0.2) is 41.0 Å². The van der Waals surface area contributed by atoms with Crippen molar-refractivity contribution < 1.29 is 4.42 Å². The summed E-state index contributed by atoms with van der Waals surface area (Å²) in [7, 11) is 0. The van der Waals surface area contributed by atoms with Crippen molar-refractivity contribution in [1.82, 2.24) is 4.90 Å². The molecule has 1 saturated heterocycles. The van der Waals surface area contributed by atoms with Crippen LogP contribution in [0.3, 0.4) is 0 Å². The SMILES string of the molecule is Cc1ccc(N2CCN(Cc3ccoc3C)CC2)cc1. The summed E-state index contributed by atoms with van der Waals surface area (Å²) in [6.07, 6.45) is 1.78. The number of nitrogens with zero attached hydrogens (tertiary/aromatic N) is 2. The van der Waals surface area contributed by atoms with Crippen molar-refractivity contribution in [3.8, 4) is 0 Å². The second kappa shape index (κ2) is 5.71. The van der Waals surface area contributed by atoms with E-state index in [-0.39, 0.29) is 0 Å². The quantitative estimate of drug-likeness (QED) is 0.854. The second-order valence-electron chi connectivity index (χ2n) is 5.60. The average molecular weight is 270 g/mol. The van der Waals surface area contributed by atoms with Gasteiger partial charge in [-0.3, -0.25) is 4.90 Å². The molecule has 3 nitrogen and oxygen atoms in total. The molecule has 0 aliphatic carbocycles. The third-order valence-corrected chi connectivity index (χ3v) is 4.13. The lowest BCUT2D eigenvalue weighted by Crippen LogP contribution is -2.46. The van der Waals surface area contributed by atoms with E-state index in [2.05, 4.69) is 47.1 Å². The zero-order valence-corrected chi connectivity index (χ0v) is 12.3. The molecule has 3 rings (SSSR count). The van der Waals surface area contributed by atoms with Crippen LogP contribution in [0.5, 0.6) is 0 Å². The molecule has 0 N–H and O–H groups in total. The first-order valence-electron chi connectivity index (χ1n) is 7.29. The number of rotatable bonds is 3. The number of furan rings is 1. The first-order valence-corrected chi connectivity index (χ1v) is 7.29. The van der Waals surface area contributed by atoms with Crippen molar-refractivity contribution in [2.24, 2.45) is 0 Å². The Labute approximate surface area is 120 Å². The fraction of sp³-hybridized carbons (Fsp3) is 0.412. The van der Waals surface area contributed by atoms with Gasteiger partial charge in [-0.25, -0.2) is 0 Å². The molecule has 0 bridgehead atoms. The molecule has 0 unspecified atom stereocenters. The monoisotopic (exact) mass is 270 g/mol. The molecule has 1 aromatic carbocycles. The van der Waals surface area contributed by atoms with Gasteiger partial charge in [0.2, 0.25) is 0 Å². The van der Waals surface area contributed by atoms with Crippen molar-refractivity contribution in [1.29, 1.82) is 0 Å². The van der Waals surface area contributed by atoms with Gasteiger partial charge in [-0.2, -0.15) is 0 Å². The Morgan fingerprint density at radius 1 is 0.950 bits per heavy atom. The van der Waals surface area contributed by atoms with Crippen LogP contribution in [0, 0.1) is 13.8 Å². The highest BCUT2D eigenvalue weighted by molar-refractivity contribution is 5.47. The third-order valence-electron chi connectivity index (χ3n) is 4.13. The molecule has 2 heterocycles. The summed E-state index contributed by atoms with van der Waals surface area (Å²) in [6.45, 7) is 9.59. The summed E-state index contributed by atoms with van der Waals surface area (Å²) in [6, 6.07) is 10.9. The number of piperazine rings is 1. The van der Waals surface area contributed by atoms with Gasteiger partial charge in [-0.05, 0) is 32.0 Å². The number of hydrogen-bond donors (Lipinski definition) is 0.